The van der Waals surface area contributed by atoms with Crippen LogP contribution in [-0.4, -0.2) is 15.1 Å². The van der Waals surface area contributed by atoms with Gasteiger partial charge < -0.3 is 5.11 Å². The summed E-state index contributed by atoms with van der Waals surface area (Å²) < 4.78 is 0. The zero-order valence-corrected chi connectivity index (χ0v) is 27.5. The summed E-state index contributed by atoms with van der Waals surface area (Å²) in [5.74, 6) is 0.304. The summed E-state index contributed by atoms with van der Waals surface area (Å²) in [5.41, 5.74) is 6.20. The van der Waals surface area contributed by atoms with E-state index < -0.39 is 0 Å². The summed E-state index contributed by atoms with van der Waals surface area (Å²) in [4.78, 5) is 10.6. The molecule has 0 aliphatic heterocycles. The molecule has 2 aromatic heterocycles. The number of pyridine rings is 2. The van der Waals surface area contributed by atoms with Crippen molar-refractivity contribution in [3.63, 3.8) is 0 Å². The van der Waals surface area contributed by atoms with Gasteiger partial charge in [-0.05, 0) is 57.3 Å². The third kappa shape index (κ3) is 7.41. The molecular formula is C34H39N2OPtS-. The molecule has 208 valence electrons. The van der Waals surface area contributed by atoms with Crippen LogP contribution in [0, 0.1) is 6.07 Å². The van der Waals surface area contributed by atoms with Crippen LogP contribution in [0.5, 0.6) is 5.75 Å². The van der Waals surface area contributed by atoms with Gasteiger partial charge in [-0.3, -0.25) is 4.98 Å². The van der Waals surface area contributed by atoms with E-state index in [1.54, 1.807) is 18.0 Å². The fourth-order valence-electron chi connectivity index (χ4n) is 4.25. The molecule has 0 unspecified atom stereocenters. The molecule has 1 N–H and O–H groups in total. The number of hydrogen-bond acceptors (Lipinski definition) is 4. The van der Waals surface area contributed by atoms with Crippen molar-refractivity contribution in [2.24, 2.45) is 0 Å². The van der Waals surface area contributed by atoms with Crippen LogP contribution in [0.3, 0.4) is 0 Å². The maximum Gasteiger partial charge on any atom is 0.128 e. The molecule has 0 radical (unpaired) electrons. The Labute approximate surface area is 253 Å². The predicted molar refractivity (Wildman–Crippen MR) is 160 cm³/mol. The molecule has 2 heterocycles. The van der Waals surface area contributed by atoms with Crippen LogP contribution in [0.1, 0.15) is 79.0 Å². The Bertz CT molecular complexity index is 1450. The summed E-state index contributed by atoms with van der Waals surface area (Å²) in [6.45, 7) is 19.7. The first kappa shape index (κ1) is 31.1. The Kier molecular flexibility index (Phi) is 9.25. The second kappa shape index (κ2) is 11.6. The molecule has 5 heteroatoms. The zero-order valence-electron chi connectivity index (χ0n) is 24.4. The van der Waals surface area contributed by atoms with Crippen LogP contribution in [0.25, 0.3) is 22.5 Å². The fourth-order valence-corrected chi connectivity index (χ4v) is 5.04. The maximum absolute atomic E-state index is 11.6. The average molecular weight is 719 g/mol. The number of nitrogens with zero attached hydrogens (tertiary/aromatic N) is 2. The van der Waals surface area contributed by atoms with Gasteiger partial charge in [-0.2, -0.15) is 0 Å². The molecule has 0 saturated heterocycles. The van der Waals surface area contributed by atoms with Crippen LogP contribution in [0.2, 0.25) is 0 Å². The molecule has 0 aliphatic rings. The standard InChI is InChI=1S/C34H39N2OS.Pt/c1-32(2,3)23-18-26(31(37)27(19-23)34(7,8)9)29-21-24(33(4,5)6)20-28(36-29)22-13-12-14-25(17-22)38-30-15-10-11-16-35-30;/h10-16,18-21,37H,1-9H3;/q-1;. The summed E-state index contributed by atoms with van der Waals surface area (Å²) in [6, 6.07) is 24.1. The van der Waals surface area contributed by atoms with E-state index in [2.05, 4.69) is 97.6 Å². The molecule has 0 fully saturated rings. The van der Waals surface area contributed by atoms with Gasteiger partial charge in [0.25, 0.3) is 0 Å². The van der Waals surface area contributed by atoms with Crippen molar-refractivity contribution >= 4 is 11.8 Å². The van der Waals surface area contributed by atoms with Crippen molar-refractivity contribution in [3.05, 3.63) is 89.6 Å². The van der Waals surface area contributed by atoms with E-state index in [1.807, 2.05) is 36.4 Å². The van der Waals surface area contributed by atoms with Crippen LogP contribution in [-0.2, 0) is 37.3 Å². The second-order valence-corrected chi connectivity index (χ2v) is 14.1. The van der Waals surface area contributed by atoms with Crippen molar-refractivity contribution in [3.8, 4) is 28.3 Å². The Balaban J connectivity index is 0.00000420. The molecule has 0 saturated carbocycles. The van der Waals surface area contributed by atoms with Gasteiger partial charge in [0.1, 0.15) is 5.75 Å². The normalized spacial score (nSPS) is 12.2. The number of benzene rings is 2. The van der Waals surface area contributed by atoms with E-state index in [4.69, 9.17) is 4.98 Å². The topological polar surface area (TPSA) is 46.0 Å². The van der Waals surface area contributed by atoms with Crippen molar-refractivity contribution in [2.75, 3.05) is 0 Å². The molecule has 0 bridgehead atoms. The van der Waals surface area contributed by atoms with E-state index in [-0.39, 0.29) is 37.3 Å². The minimum Gasteiger partial charge on any atom is -0.507 e. The van der Waals surface area contributed by atoms with Crippen LogP contribution >= 0.6 is 11.8 Å². The molecule has 0 aliphatic carbocycles. The van der Waals surface area contributed by atoms with Crippen molar-refractivity contribution in [1.29, 1.82) is 0 Å². The third-order valence-electron chi connectivity index (χ3n) is 6.65. The maximum atomic E-state index is 11.6. The minimum absolute atomic E-state index is 0. The molecule has 39 heavy (non-hydrogen) atoms. The smallest absolute Gasteiger partial charge is 0.128 e. The molecule has 0 amide bonds. The third-order valence-corrected chi connectivity index (χ3v) is 7.56. The number of hydrogen-bond donors (Lipinski definition) is 1. The number of rotatable bonds is 4. The fraction of sp³-hybridized carbons (Fsp3) is 0.353. The first-order valence-electron chi connectivity index (χ1n) is 13.2. The zero-order chi connectivity index (χ0) is 27.9. The van der Waals surface area contributed by atoms with E-state index >= 15 is 0 Å². The van der Waals surface area contributed by atoms with Gasteiger partial charge in [0.05, 0.1) is 10.7 Å². The molecule has 0 spiro atoms. The van der Waals surface area contributed by atoms with Crippen molar-refractivity contribution in [2.45, 2.75) is 88.5 Å². The predicted octanol–water partition coefficient (Wildman–Crippen LogP) is 9.36. The Morgan fingerprint density at radius 3 is 1.95 bits per heavy atom. The van der Waals surface area contributed by atoms with Crippen molar-refractivity contribution in [1.82, 2.24) is 9.97 Å². The van der Waals surface area contributed by atoms with Crippen LogP contribution in [0.4, 0.5) is 0 Å². The minimum atomic E-state index is -0.213. The molecule has 2 aromatic carbocycles. The monoisotopic (exact) mass is 718 g/mol. The quantitative estimate of drug-likeness (QED) is 0.214. The van der Waals surface area contributed by atoms with Gasteiger partial charge in [-0.15, -0.1) is 29.8 Å². The van der Waals surface area contributed by atoms with Gasteiger partial charge in [-0.25, -0.2) is 4.98 Å². The Hall–Kier alpha value is -2.42. The molecule has 3 nitrogen and oxygen atoms in total. The van der Waals surface area contributed by atoms with E-state index in [9.17, 15) is 5.11 Å². The summed E-state index contributed by atoms with van der Waals surface area (Å²) in [5, 5.41) is 12.5. The van der Waals surface area contributed by atoms with Crippen LogP contribution in [0.15, 0.2) is 76.8 Å². The first-order chi connectivity index (χ1) is 17.6. The largest absolute Gasteiger partial charge is 0.507 e. The van der Waals surface area contributed by atoms with Gasteiger partial charge in [0.15, 0.2) is 0 Å². The van der Waals surface area contributed by atoms with Gasteiger partial charge in [-0.1, -0.05) is 97.2 Å². The van der Waals surface area contributed by atoms with E-state index in [1.165, 1.54) is 5.56 Å². The van der Waals surface area contributed by atoms with Gasteiger partial charge in [0, 0.05) is 38.4 Å². The Morgan fingerprint density at radius 2 is 1.36 bits per heavy atom. The molecular weight excluding hydrogens is 680 g/mol. The number of aromatic nitrogens is 2. The first-order valence-corrected chi connectivity index (χ1v) is 14.0. The van der Waals surface area contributed by atoms with Gasteiger partial charge in [0.2, 0.25) is 0 Å². The molecule has 0 atom stereocenters. The Morgan fingerprint density at radius 1 is 0.718 bits per heavy atom. The van der Waals surface area contributed by atoms with E-state index in [0.29, 0.717) is 5.75 Å². The number of aromatic hydroxyl groups is 1. The van der Waals surface area contributed by atoms with Crippen molar-refractivity contribution < 1.29 is 26.2 Å². The van der Waals surface area contributed by atoms with Gasteiger partial charge >= 0.3 is 0 Å². The average Bonchev–Trinajstić information content (AvgIpc) is 2.83. The molecule has 4 aromatic rings. The van der Waals surface area contributed by atoms with E-state index in [0.717, 1.165) is 43.6 Å². The SMILES string of the molecule is CC(C)(C)c1cc(-c2[c-]c(Sc3ccccn3)ccc2)nc(-c2cc(C(C)(C)C)cc(C(C)(C)C)c2O)c1.[Pt]. The number of phenols is 1. The molecule has 4 rings (SSSR count). The summed E-state index contributed by atoms with van der Waals surface area (Å²) in [7, 11) is 0. The summed E-state index contributed by atoms with van der Waals surface area (Å²) in [6.07, 6.45) is 1.80. The van der Waals surface area contributed by atoms with Crippen LogP contribution < -0.4 is 0 Å². The summed E-state index contributed by atoms with van der Waals surface area (Å²) >= 11 is 1.58. The second-order valence-electron chi connectivity index (χ2n) is 13.0. The number of phenolic OH excluding ortho intramolecular Hbond substituents is 1.